The largest absolute Gasteiger partial charge is 0.365 e. The van der Waals surface area contributed by atoms with Gasteiger partial charge in [0, 0.05) is 18.1 Å². The fourth-order valence-electron chi connectivity index (χ4n) is 2.96. The Labute approximate surface area is 133 Å². The number of rotatable bonds is 3. The lowest BCUT2D eigenvalue weighted by Gasteiger charge is -2.18. The second kappa shape index (κ2) is 5.61. The van der Waals surface area contributed by atoms with Crippen molar-refractivity contribution in [2.75, 3.05) is 5.32 Å². The first-order chi connectivity index (χ1) is 10.5. The van der Waals surface area contributed by atoms with E-state index in [0.29, 0.717) is 22.2 Å². The van der Waals surface area contributed by atoms with Crippen LogP contribution in [0.3, 0.4) is 0 Å². The maximum Gasteiger partial charge on any atom is 0.272 e. The van der Waals surface area contributed by atoms with Gasteiger partial charge in [-0.25, -0.2) is 0 Å². The van der Waals surface area contributed by atoms with Gasteiger partial charge in [-0.15, -0.1) is 11.3 Å². The number of fused-ring (bicyclic) bond motifs is 1. The molecular formula is C16H19N3O2S. The van der Waals surface area contributed by atoms with E-state index in [1.165, 1.54) is 16.2 Å². The lowest BCUT2D eigenvalue weighted by molar-refractivity contribution is 0.1000. The van der Waals surface area contributed by atoms with Crippen LogP contribution in [0.5, 0.6) is 0 Å². The van der Waals surface area contributed by atoms with E-state index in [1.807, 2.05) is 19.3 Å². The summed E-state index contributed by atoms with van der Waals surface area (Å²) in [5.74, 6) is -0.0841. The molecule has 2 aromatic heterocycles. The summed E-state index contributed by atoms with van der Waals surface area (Å²) in [4.78, 5) is 25.4. The van der Waals surface area contributed by atoms with Crippen molar-refractivity contribution in [3.8, 4) is 0 Å². The van der Waals surface area contributed by atoms with E-state index < -0.39 is 5.91 Å². The van der Waals surface area contributed by atoms with Gasteiger partial charge in [0.05, 0.1) is 5.56 Å². The monoisotopic (exact) mass is 317 g/mol. The second-order valence-corrected chi connectivity index (χ2v) is 6.98. The number of anilines is 1. The number of carbonyl (C=O) groups is 2. The summed E-state index contributed by atoms with van der Waals surface area (Å²) in [6, 6.07) is 3.56. The first-order valence-electron chi connectivity index (χ1n) is 7.34. The lowest BCUT2D eigenvalue weighted by atomic mass is 9.88. The normalized spacial score (nSPS) is 17.1. The van der Waals surface area contributed by atoms with Gasteiger partial charge in [-0.1, -0.05) is 6.92 Å². The van der Waals surface area contributed by atoms with Crippen molar-refractivity contribution < 1.29 is 9.59 Å². The van der Waals surface area contributed by atoms with Gasteiger partial charge in [0.1, 0.15) is 10.7 Å². The summed E-state index contributed by atoms with van der Waals surface area (Å²) >= 11 is 1.48. The Morgan fingerprint density at radius 2 is 2.23 bits per heavy atom. The van der Waals surface area contributed by atoms with Crippen LogP contribution in [0.2, 0.25) is 0 Å². The molecule has 2 amide bonds. The number of thiophene rings is 1. The summed E-state index contributed by atoms with van der Waals surface area (Å²) in [5, 5.41) is 3.45. The molecule has 3 rings (SSSR count). The van der Waals surface area contributed by atoms with Crippen molar-refractivity contribution in [2.45, 2.75) is 26.2 Å². The fourth-order valence-corrected chi connectivity index (χ4v) is 4.37. The molecule has 2 heterocycles. The standard InChI is InChI=1S/C16H19N3O2S/c1-9-5-6-10-12(8-9)22-16(13(10)14(17)20)18-15(21)11-4-3-7-19(11)2/h3-4,7,9H,5-6,8H2,1-2H3,(H2,17,20)(H,18,21)/t9-/m0/s1. The molecule has 116 valence electrons. The fraction of sp³-hybridized carbons (Fsp3) is 0.375. The minimum absolute atomic E-state index is 0.221. The van der Waals surface area contributed by atoms with Gasteiger partial charge in [-0.2, -0.15) is 0 Å². The average Bonchev–Trinajstić information content (AvgIpc) is 3.01. The number of carbonyl (C=O) groups excluding carboxylic acids is 2. The number of hydrogen-bond acceptors (Lipinski definition) is 3. The van der Waals surface area contributed by atoms with Gasteiger partial charge >= 0.3 is 0 Å². The minimum atomic E-state index is -0.464. The number of aromatic nitrogens is 1. The molecule has 0 aliphatic heterocycles. The maximum absolute atomic E-state index is 12.4. The van der Waals surface area contributed by atoms with E-state index in [9.17, 15) is 9.59 Å². The summed E-state index contributed by atoms with van der Waals surface area (Å²) in [6.07, 6.45) is 4.66. The molecule has 0 unspecified atom stereocenters. The Hall–Kier alpha value is -2.08. The first-order valence-corrected chi connectivity index (χ1v) is 8.16. The highest BCUT2D eigenvalue weighted by atomic mass is 32.1. The molecule has 0 bridgehead atoms. The molecule has 0 fully saturated rings. The zero-order valence-electron chi connectivity index (χ0n) is 12.7. The van der Waals surface area contributed by atoms with Crippen LogP contribution in [0.15, 0.2) is 18.3 Å². The molecule has 3 N–H and O–H groups in total. The van der Waals surface area contributed by atoms with Gasteiger partial charge < -0.3 is 15.6 Å². The van der Waals surface area contributed by atoms with Crippen LogP contribution in [-0.4, -0.2) is 16.4 Å². The van der Waals surface area contributed by atoms with Crippen LogP contribution in [0.1, 0.15) is 44.6 Å². The van der Waals surface area contributed by atoms with E-state index in [-0.39, 0.29) is 5.91 Å². The van der Waals surface area contributed by atoms with Crippen LogP contribution in [0, 0.1) is 5.92 Å². The van der Waals surface area contributed by atoms with Crippen LogP contribution in [-0.2, 0) is 19.9 Å². The predicted molar refractivity (Wildman–Crippen MR) is 87.4 cm³/mol. The van der Waals surface area contributed by atoms with Crippen molar-refractivity contribution in [3.63, 3.8) is 0 Å². The zero-order chi connectivity index (χ0) is 15.9. The highest BCUT2D eigenvalue weighted by Crippen LogP contribution is 2.39. The molecule has 2 aromatic rings. The Morgan fingerprint density at radius 3 is 2.86 bits per heavy atom. The van der Waals surface area contributed by atoms with Crippen LogP contribution in [0.4, 0.5) is 5.00 Å². The SMILES string of the molecule is C[C@H]1CCc2c(sc(NC(=O)c3cccn3C)c2C(N)=O)C1. The number of hydrogen-bond donors (Lipinski definition) is 2. The molecule has 0 saturated heterocycles. The molecule has 1 atom stereocenters. The molecular weight excluding hydrogens is 298 g/mol. The second-order valence-electron chi connectivity index (χ2n) is 5.88. The average molecular weight is 317 g/mol. The van der Waals surface area contributed by atoms with Crippen LogP contribution >= 0.6 is 11.3 Å². The summed E-state index contributed by atoms with van der Waals surface area (Å²) < 4.78 is 1.74. The highest BCUT2D eigenvalue weighted by molar-refractivity contribution is 7.17. The van der Waals surface area contributed by atoms with E-state index in [1.54, 1.807) is 10.6 Å². The summed E-state index contributed by atoms with van der Waals surface area (Å²) in [7, 11) is 1.81. The van der Waals surface area contributed by atoms with Gasteiger partial charge in [0.25, 0.3) is 11.8 Å². The molecule has 22 heavy (non-hydrogen) atoms. The number of aryl methyl sites for hydroxylation is 1. The molecule has 1 aliphatic carbocycles. The quantitative estimate of drug-likeness (QED) is 0.912. The number of amides is 2. The highest BCUT2D eigenvalue weighted by Gasteiger charge is 2.27. The lowest BCUT2D eigenvalue weighted by Crippen LogP contribution is -2.20. The number of primary amides is 1. The number of nitrogens with two attached hydrogens (primary N) is 1. The minimum Gasteiger partial charge on any atom is -0.365 e. The van der Waals surface area contributed by atoms with Crippen molar-refractivity contribution >= 4 is 28.2 Å². The smallest absolute Gasteiger partial charge is 0.272 e. The Balaban J connectivity index is 1.95. The first kappa shape index (κ1) is 14.8. The number of nitrogens with one attached hydrogen (secondary N) is 1. The molecule has 0 aromatic carbocycles. The summed E-state index contributed by atoms with van der Waals surface area (Å²) in [5.41, 5.74) is 7.62. The maximum atomic E-state index is 12.4. The molecule has 6 heteroatoms. The third-order valence-corrected chi connectivity index (χ3v) is 5.33. The van der Waals surface area contributed by atoms with Crippen LogP contribution < -0.4 is 11.1 Å². The van der Waals surface area contributed by atoms with Crippen molar-refractivity contribution in [1.82, 2.24) is 4.57 Å². The third-order valence-electron chi connectivity index (χ3n) is 4.16. The van der Waals surface area contributed by atoms with E-state index in [0.717, 1.165) is 24.8 Å². The van der Waals surface area contributed by atoms with Gasteiger partial charge in [0.2, 0.25) is 0 Å². The molecule has 0 spiro atoms. The predicted octanol–water partition coefficient (Wildman–Crippen LogP) is 2.56. The van der Waals surface area contributed by atoms with Crippen molar-refractivity contribution in [3.05, 3.63) is 40.0 Å². The number of nitrogens with zero attached hydrogens (tertiary/aromatic N) is 1. The van der Waals surface area contributed by atoms with Gasteiger partial charge in [-0.3, -0.25) is 9.59 Å². The van der Waals surface area contributed by atoms with Crippen molar-refractivity contribution in [2.24, 2.45) is 18.7 Å². The third kappa shape index (κ3) is 2.54. The van der Waals surface area contributed by atoms with E-state index in [2.05, 4.69) is 12.2 Å². The van der Waals surface area contributed by atoms with Crippen LogP contribution in [0.25, 0.3) is 0 Å². The topological polar surface area (TPSA) is 77.1 Å². The Kier molecular flexibility index (Phi) is 3.78. The van der Waals surface area contributed by atoms with E-state index in [4.69, 9.17) is 5.73 Å². The van der Waals surface area contributed by atoms with E-state index >= 15 is 0 Å². The molecule has 1 aliphatic rings. The van der Waals surface area contributed by atoms with Crippen molar-refractivity contribution in [1.29, 1.82) is 0 Å². The molecule has 0 radical (unpaired) electrons. The zero-order valence-corrected chi connectivity index (χ0v) is 13.5. The van der Waals surface area contributed by atoms with Gasteiger partial charge in [0.15, 0.2) is 0 Å². The van der Waals surface area contributed by atoms with Gasteiger partial charge in [-0.05, 0) is 42.9 Å². The molecule has 0 saturated carbocycles. The molecule has 5 nitrogen and oxygen atoms in total. The Morgan fingerprint density at radius 1 is 1.45 bits per heavy atom. The summed E-state index contributed by atoms with van der Waals surface area (Å²) in [6.45, 7) is 2.20. The Bertz CT molecular complexity index is 745.